The van der Waals surface area contributed by atoms with Crippen LogP contribution in [0.4, 0.5) is 0 Å². The summed E-state index contributed by atoms with van der Waals surface area (Å²) in [6.45, 7) is -0.129. The Bertz CT molecular complexity index is 1350. The van der Waals surface area contributed by atoms with Gasteiger partial charge in [0.25, 0.3) is 0 Å². The maximum atomic E-state index is 12.1. The molecule has 0 saturated carbocycles. The number of aromatic nitrogens is 1. The summed E-state index contributed by atoms with van der Waals surface area (Å²) in [7, 11) is 0. The van der Waals surface area contributed by atoms with Gasteiger partial charge >= 0.3 is 5.97 Å². The van der Waals surface area contributed by atoms with Gasteiger partial charge in [-0.2, -0.15) is 5.26 Å². The number of nitrogens with zero attached hydrogens (tertiary/aromatic N) is 2. The Morgan fingerprint density at radius 1 is 1.00 bits per heavy atom. The smallest absolute Gasteiger partial charge is 0.341 e. The van der Waals surface area contributed by atoms with Crippen LogP contribution in [-0.4, -0.2) is 28.2 Å². The van der Waals surface area contributed by atoms with Crippen molar-refractivity contribution in [2.75, 3.05) is 6.61 Å². The molecule has 0 atom stereocenters. The number of rotatable bonds is 6. The molecule has 0 bridgehead atoms. The van der Waals surface area contributed by atoms with E-state index in [4.69, 9.17) is 15.6 Å². The van der Waals surface area contributed by atoms with Crippen molar-refractivity contribution in [3.05, 3.63) is 77.4 Å². The highest BCUT2D eigenvalue weighted by molar-refractivity contribution is 6.19. The van der Waals surface area contributed by atoms with Crippen molar-refractivity contribution in [2.45, 2.75) is 6.54 Å². The number of amides is 1. The third-order valence-electron chi connectivity index (χ3n) is 4.96. The molecule has 0 unspecified atom stereocenters. The van der Waals surface area contributed by atoms with Crippen molar-refractivity contribution in [3.63, 3.8) is 0 Å². The summed E-state index contributed by atoms with van der Waals surface area (Å²) < 4.78 is 7.49. The number of hydrogen-bond acceptors (Lipinski definition) is 4. The minimum atomic E-state index is -1.10. The van der Waals surface area contributed by atoms with E-state index in [1.165, 1.54) is 0 Å². The molecule has 7 heteroatoms. The molecule has 4 aromatic rings. The Kier molecular flexibility index (Phi) is 4.82. The van der Waals surface area contributed by atoms with Crippen LogP contribution in [0, 0.1) is 11.3 Å². The van der Waals surface area contributed by atoms with Gasteiger partial charge in [0.05, 0.1) is 28.1 Å². The van der Waals surface area contributed by atoms with Crippen molar-refractivity contribution in [3.8, 4) is 11.8 Å². The topological polar surface area (TPSA) is 118 Å². The minimum Gasteiger partial charge on any atom is -0.481 e. The normalized spacial score (nSPS) is 10.8. The Labute approximate surface area is 171 Å². The van der Waals surface area contributed by atoms with E-state index in [9.17, 15) is 14.9 Å². The Hall–Kier alpha value is -4.31. The quantitative estimate of drug-likeness (QED) is 0.516. The fraction of sp³-hybridized carbons (Fsp3) is 0.0870. The molecule has 7 nitrogen and oxygen atoms in total. The predicted octanol–water partition coefficient (Wildman–Crippen LogP) is 3.28. The maximum absolute atomic E-state index is 12.1. The molecule has 30 heavy (non-hydrogen) atoms. The molecule has 4 rings (SSSR count). The molecule has 0 fully saturated rings. The SMILES string of the molecule is N#Cc1ccccc1Cn1c2cccc(OCC(=O)O)c2c2c(C(N)=O)cccc21. The number of aliphatic carboxylic acids is 1. The van der Waals surface area contributed by atoms with Gasteiger partial charge in [-0.3, -0.25) is 4.79 Å². The lowest BCUT2D eigenvalue weighted by Crippen LogP contribution is -2.11. The van der Waals surface area contributed by atoms with E-state index in [-0.39, 0.29) is 0 Å². The zero-order valence-electron chi connectivity index (χ0n) is 15.8. The van der Waals surface area contributed by atoms with Crippen LogP contribution in [0.1, 0.15) is 21.5 Å². The summed E-state index contributed by atoms with van der Waals surface area (Å²) in [5, 5.41) is 19.7. The largest absolute Gasteiger partial charge is 0.481 e. The van der Waals surface area contributed by atoms with Gasteiger partial charge in [0, 0.05) is 17.5 Å². The first kappa shape index (κ1) is 19.0. The molecule has 0 spiro atoms. The van der Waals surface area contributed by atoms with Crippen LogP contribution in [0.2, 0.25) is 0 Å². The van der Waals surface area contributed by atoms with E-state index < -0.39 is 18.5 Å². The van der Waals surface area contributed by atoms with Crippen molar-refractivity contribution >= 4 is 33.7 Å². The van der Waals surface area contributed by atoms with Gasteiger partial charge in [0.15, 0.2) is 6.61 Å². The lowest BCUT2D eigenvalue weighted by Gasteiger charge is -2.10. The highest BCUT2D eigenvalue weighted by atomic mass is 16.5. The first-order valence-electron chi connectivity index (χ1n) is 9.17. The summed E-state index contributed by atoms with van der Waals surface area (Å²) in [5.41, 5.74) is 8.79. The first-order valence-corrected chi connectivity index (χ1v) is 9.17. The van der Waals surface area contributed by atoms with Crippen molar-refractivity contribution in [1.82, 2.24) is 4.57 Å². The second-order valence-corrected chi connectivity index (χ2v) is 6.75. The number of benzene rings is 3. The van der Waals surface area contributed by atoms with Crippen LogP contribution in [0.3, 0.4) is 0 Å². The second-order valence-electron chi connectivity index (χ2n) is 6.75. The highest BCUT2D eigenvalue weighted by Crippen LogP contribution is 2.38. The number of ether oxygens (including phenoxy) is 1. The number of nitrogens with two attached hydrogens (primary N) is 1. The molecular formula is C23H17N3O4. The first-order chi connectivity index (χ1) is 14.5. The lowest BCUT2D eigenvalue weighted by atomic mass is 10.1. The van der Waals surface area contributed by atoms with Gasteiger partial charge in [-0.1, -0.05) is 30.3 Å². The molecule has 0 aliphatic carbocycles. The Morgan fingerprint density at radius 3 is 2.40 bits per heavy atom. The average Bonchev–Trinajstić information content (AvgIpc) is 3.07. The lowest BCUT2D eigenvalue weighted by molar-refractivity contribution is -0.139. The van der Waals surface area contributed by atoms with E-state index in [0.717, 1.165) is 16.6 Å². The number of hydrogen-bond donors (Lipinski definition) is 2. The van der Waals surface area contributed by atoms with Crippen LogP contribution in [0.5, 0.6) is 5.75 Å². The van der Waals surface area contributed by atoms with Crippen LogP contribution < -0.4 is 10.5 Å². The van der Waals surface area contributed by atoms with Gasteiger partial charge < -0.3 is 20.1 Å². The number of carbonyl (C=O) groups is 2. The zero-order valence-corrected chi connectivity index (χ0v) is 15.8. The van der Waals surface area contributed by atoms with Gasteiger partial charge in [-0.15, -0.1) is 0 Å². The number of carbonyl (C=O) groups excluding carboxylic acids is 1. The summed E-state index contributed by atoms with van der Waals surface area (Å²) in [6.07, 6.45) is 0. The molecule has 3 N–H and O–H groups in total. The second kappa shape index (κ2) is 7.60. The van der Waals surface area contributed by atoms with Crippen LogP contribution in [-0.2, 0) is 11.3 Å². The molecule has 1 amide bonds. The molecule has 3 aromatic carbocycles. The molecule has 148 valence electrons. The van der Waals surface area contributed by atoms with Crippen LogP contribution in [0.25, 0.3) is 21.8 Å². The van der Waals surface area contributed by atoms with E-state index in [2.05, 4.69) is 6.07 Å². The third-order valence-corrected chi connectivity index (χ3v) is 4.96. The zero-order chi connectivity index (χ0) is 21.3. The summed E-state index contributed by atoms with van der Waals surface area (Å²) in [5.74, 6) is -1.35. The van der Waals surface area contributed by atoms with Gasteiger partial charge in [-0.25, -0.2) is 4.79 Å². The average molecular weight is 399 g/mol. The van der Waals surface area contributed by atoms with Crippen LogP contribution >= 0.6 is 0 Å². The number of nitriles is 1. The predicted molar refractivity (Wildman–Crippen MR) is 111 cm³/mol. The number of carboxylic acids is 1. The van der Waals surface area contributed by atoms with E-state index >= 15 is 0 Å². The molecule has 0 radical (unpaired) electrons. The van der Waals surface area contributed by atoms with Crippen LogP contribution in [0.15, 0.2) is 60.7 Å². The molecular weight excluding hydrogens is 382 g/mol. The summed E-state index contributed by atoms with van der Waals surface area (Å²) >= 11 is 0. The van der Waals surface area contributed by atoms with Gasteiger partial charge in [0.1, 0.15) is 5.75 Å². The van der Waals surface area contributed by atoms with Gasteiger partial charge in [0.2, 0.25) is 5.91 Å². The monoisotopic (exact) mass is 399 g/mol. The fourth-order valence-corrected chi connectivity index (χ4v) is 3.73. The fourth-order valence-electron chi connectivity index (χ4n) is 3.73. The summed E-state index contributed by atoms with van der Waals surface area (Å²) in [6, 6.07) is 20.0. The Balaban J connectivity index is 2.04. The standard InChI is InChI=1S/C23H17N3O4/c24-11-14-5-1-2-6-15(14)12-26-17-8-3-7-16(23(25)29)21(17)22-18(26)9-4-10-19(22)30-13-20(27)28/h1-10H,12-13H2,(H2,25,29)(H,27,28). The minimum absolute atomic E-state index is 0.316. The van der Waals surface area contributed by atoms with E-state index in [1.54, 1.807) is 36.4 Å². The number of fused-ring (bicyclic) bond motifs is 3. The van der Waals surface area contributed by atoms with Crippen molar-refractivity contribution in [1.29, 1.82) is 5.26 Å². The molecule has 0 saturated heterocycles. The highest BCUT2D eigenvalue weighted by Gasteiger charge is 2.20. The number of carboxylic acid groups (broad SMARTS) is 1. The Morgan fingerprint density at radius 2 is 1.70 bits per heavy atom. The molecule has 1 aromatic heterocycles. The van der Waals surface area contributed by atoms with Crippen molar-refractivity contribution in [2.24, 2.45) is 5.73 Å². The maximum Gasteiger partial charge on any atom is 0.341 e. The van der Waals surface area contributed by atoms with Gasteiger partial charge in [-0.05, 0) is 35.9 Å². The van der Waals surface area contributed by atoms with E-state index in [1.807, 2.05) is 28.8 Å². The molecule has 1 heterocycles. The van der Waals surface area contributed by atoms with Crippen molar-refractivity contribution < 1.29 is 19.4 Å². The number of primary amides is 1. The molecule has 0 aliphatic heterocycles. The summed E-state index contributed by atoms with van der Waals surface area (Å²) in [4.78, 5) is 23.2. The van der Waals surface area contributed by atoms with E-state index in [0.29, 0.717) is 34.2 Å². The third kappa shape index (κ3) is 3.20. The molecule has 0 aliphatic rings.